The van der Waals surface area contributed by atoms with Gasteiger partial charge in [0.1, 0.15) is 0 Å². The molecular weight excluding hydrogens is 272 g/mol. The third-order valence-electron chi connectivity index (χ3n) is 2.84. The SMILES string of the molecule is CN(Cc1cccc([N+](=O)[O-])c1Br)C1CC1. The molecule has 0 saturated heterocycles. The van der Waals surface area contributed by atoms with Crippen molar-refractivity contribution in [3.8, 4) is 0 Å². The monoisotopic (exact) mass is 284 g/mol. The van der Waals surface area contributed by atoms with Gasteiger partial charge in [-0.25, -0.2) is 0 Å². The predicted molar refractivity (Wildman–Crippen MR) is 65.3 cm³/mol. The zero-order valence-corrected chi connectivity index (χ0v) is 10.6. The number of rotatable bonds is 4. The molecule has 1 saturated carbocycles. The van der Waals surface area contributed by atoms with E-state index in [2.05, 4.69) is 27.9 Å². The summed E-state index contributed by atoms with van der Waals surface area (Å²) in [5.74, 6) is 0. The number of hydrogen-bond acceptors (Lipinski definition) is 3. The second-order valence-electron chi connectivity index (χ2n) is 4.15. The van der Waals surface area contributed by atoms with Crippen LogP contribution in [-0.4, -0.2) is 22.9 Å². The topological polar surface area (TPSA) is 46.4 Å². The maximum atomic E-state index is 10.8. The molecule has 4 nitrogen and oxygen atoms in total. The number of hydrogen-bond donors (Lipinski definition) is 0. The number of nitrogens with zero attached hydrogens (tertiary/aromatic N) is 2. The Morgan fingerprint density at radius 3 is 2.81 bits per heavy atom. The van der Waals surface area contributed by atoms with E-state index in [4.69, 9.17) is 0 Å². The van der Waals surface area contributed by atoms with Crippen molar-refractivity contribution in [1.29, 1.82) is 0 Å². The lowest BCUT2D eigenvalue weighted by Crippen LogP contribution is -2.20. The van der Waals surface area contributed by atoms with Gasteiger partial charge in [-0.3, -0.25) is 15.0 Å². The molecule has 0 heterocycles. The molecule has 0 spiro atoms. The fourth-order valence-electron chi connectivity index (χ4n) is 1.74. The normalized spacial score (nSPS) is 15.4. The van der Waals surface area contributed by atoms with Gasteiger partial charge in [0.2, 0.25) is 0 Å². The number of nitro groups is 1. The molecule has 1 aliphatic rings. The second kappa shape index (κ2) is 4.51. The average molecular weight is 285 g/mol. The van der Waals surface area contributed by atoms with Crippen LogP contribution in [0.4, 0.5) is 5.69 Å². The van der Waals surface area contributed by atoms with E-state index in [0.29, 0.717) is 10.5 Å². The first-order valence-electron chi connectivity index (χ1n) is 5.21. The largest absolute Gasteiger partial charge is 0.299 e. The maximum absolute atomic E-state index is 10.8. The zero-order valence-electron chi connectivity index (χ0n) is 9.02. The first-order chi connectivity index (χ1) is 7.59. The quantitative estimate of drug-likeness (QED) is 0.631. The molecule has 1 aromatic rings. The summed E-state index contributed by atoms with van der Waals surface area (Å²) in [4.78, 5) is 12.7. The van der Waals surface area contributed by atoms with Crippen molar-refractivity contribution in [3.63, 3.8) is 0 Å². The summed E-state index contributed by atoms with van der Waals surface area (Å²) in [6, 6.07) is 5.84. The maximum Gasteiger partial charge on any atom is 0.283 e. The molecule has 5 heteroatoms. The first kappa shape index (κ1) is 11.5. The van der Waals surface area contributed by atoms with E-state index in [1.165, 1.54) is 18.9 Å². The summed E-state index contributed by atoms with van der Waals surface area (Å²) < 4.78 is 0.604. The van der Waals surface area contributed by atoms with Gasteiger partial charge in [0, 0.05) is 18.7 Å². The highest BCUT2D eigenvalue weighted by Crippen LogP contribution is 2.32. The molecule has 0 unspecified atom stereocenters. The van der Waals surface area contributed by atoms with Crippen molar-refractivity contribution in [2.75, 3.05) is 7.05 Å². The van der Waals surface area contributed by atoms with Gasteiger partial charge < -0.3 is 0 Å². The fourth-order valence-corrected chi connectivity index (χ4v) is 2.28. The summed E-state index contributed by atoms with van der Waals surface area (Å²) in [5, 5.41) is 10.8. The number of halogens is 1. The van der Waals surface area contributed by atoms with Crippen molar-refractivity contribution in [3.05, 3.63) is 38.3 Å². The Morgan fingerprint density at radius 1 is 1.56 bits per heavy atom. The highest BCUT2D eigenvalue weighted by atomic mass is 79.9. The smallest absolute Gasteiger partial charge is 0.283 e. The van der Waals surface area contributed by atoms with Crippen LogP contribution in [0.1, 0.15) is 18.4 Å². The molecule has 0 radical (unpaired) electrons. The molecule has 0 aliphatic heterocycles. The fraction of sp³-hybridized carbons (Fsp3) is 0.455. The van der Waals surface area contributed by atoms with Crippen molar-refractivity contribution in [2.45, 2.75) is 25.4 Å². The van der Waals surface area contributed by atoms with Crippen molar-refractivity contribution in [2.24, 2.45) is 0 Å². The van der Waals surface area contributed by atoms with Gasteiger partial charge in [-0.1, -0.05) is 12.1 Å². The van der Waals surface area contributed by atoms with Crippen molar-refractivity contribution in [1.82, 2.24) is 4.90 Å². The standard InChI is InChI=1S/C11H13BrN2O2/c1-13(9-5-6-9)7-8-3-2-4-10(11(8)12)14(15)16/h2-4,9H,5-7H2,1H3. The number of nitro benzene ring substituents is 1. The molecule has 0 N–H and O–H groups in total. The van der Waals surface area contributed by atoms with Crippen molar-refractivity contribution >= 4 is 21.6 Å². The summed E-state index contributed by atoms with van der Waals surface area (Å²) in [6.45, 7) is 0.757. The molecule has 1 fully saturated rings. The first-order valence-corrected chi connectivity index (χ1v) is 6.01. The molecule has 1 aliphatic carbocycles. The molecule has 1 aromatic carbocycles. The van der Waals surface area contributed by atoms with Crippen LogP contribution < -0.4 is 0 Å². The Labute approximate surface area is 103 Å². The highest BCUT2D eigenvalue weighted by Gasteiger charge is 2.27. The number of benzene rings is 1. The van der Waals surface area contributed by atoms with Gasteiger partial charge in [0.25, 0.3) is 5.69 Å². The van der Waals surface area contributed by atoms with Gasteiger partial charge in [0.05, 0.1) is 9.40 Å². The Balaban J connectivity index is 2.19. The minimum atomic E-state index is -0.356. The lowest BCUT2D eigenvalue weighted by atomic mass is 10.2. The Bertz CT molecular complexity index is 418. The molecule has 2 rings (SSSR count). The van der Waals surface area contributed by atoms with E-state index in [1.54, 1.807) is 6.07 Å². The lowest BCUT2D eigenvalue weighted by molar-refractivity contribution is -0.385. The van der Waals surface area contributed by atoms with E-state index >= 15 is 0 Å². The molecule has 16 heavy (non-hydrogen) atoms. The van der Waals surface area contributed by atoms with E-state index in [9.17, 15) is 10.1 Å². The lowest BCUT2D eigenvalue weighted by Gasteiger charge is -2.16. The highest BCUT2D eigenvalue weighted by molar-refractivity contribution is 9.10. The Kier molecular flexibility index (Phi) is 3.25. The average Bonchev–Trinajstić information content (AvgIpc) is 3.03. The molecule has 0 bridgehead atoms. The third-order valence-corrected chi connectivity index (χ3v) is 3.76. The minimum Gasteiger partial charge on any atom is -0.299 e. The van der Waals surface area contributed by atoms with Crippen LogP contribution in [0.2, 0.25) is 0 Å². The van der Waals surface area contributed by atoms with E-state index in [1.807, 2.05) is 6.07 Å². The summed E-state index contributed by atoms with van der Waals surface area (Å²) >= 11 is 3.31. The van der Waals surface area contributed by atoms with Gasteiger partial charge in [-0.2, -0.15) is 0 Å². The molecule has 0 aromatic heterocycles. The van der Waals surface area contributed by atoms with Crippen LogP contribution in [0, 0.1) is 10.1 Å². The van der Waals surface area contributed by atoms with Crippen molar-refractivity contribution < 1.29 is 4.92 Å². The van der Waals surface area contributed by atoms with Crippen LogP contribution in [0.25, 0.3) is 0 Å². The van der Waals surface area contributed by atoms with E-state index < -0.39 is 0 Å². The summed E-state index contributed by atoms with van der Waals surface area (Å²) in [6.07, 6.45) is 2.48. The van der Waals surface area contributed by atoms with Crippen LogP contribution in [0.3, 0.4) is 0 Å². The van der Waals surface area contributed by atoms with E-state index in [-0.39, 0.29) is 10.6 Å². The van der Waals surface area contributed by atoms with Crippen LogP contribution in [-0.2, 0) is 6.54 Å². The van der Waals surface area contributed by atoms with Crippen LogP contribution >= 0.6 is 15.9 Å². The van der Waals surface area contributed by atoms with Gasteiger partial charge >= 0.3 is 0 Å². The molecule has 0 atom stereocenters. The zero-order chi connectivity index (χ0) is 11.7. The van der Waals surface area contributed by atoms with E-state index in [0.717, 1.165) is 12.1 Å². The van der Waals surface area contributed by atoms with Crippen LogP contribution in [0.5, 0.6) is 0 Å². The van der Waals surface area contributed by atoms with Gasteiger partial charge in [-0.15, -0.1) is 0 Å². The van der Waals surface area contributed by atoms with Gasteiger partial charge in [-0.05, 0) is 41.4 Å². The predicted octanol–water partition coefficient (Wildman–Crippen LogP) is 2.95. The Hall–Kier alpha value is -0.940. The Morgan fingerprint density at radius 2 is 2.25 bits per heavy atom. The summed E-state index contributed by atoms with van der Waals surface area (Å²) in [7, 11) is 2.06. The third kappa shape index (κ3) is 2.41. The molecule has 86 valence electrons. The minimum absolute atomic E-state index is 0.140. The summed E-state index contributed by atoms with van der Waals surface area (Å²) in [5.41, 5.74) is 1.12. The molecule has 0 amide bonds. The molecular formula is C11H13BrN2O2. The second-order valence-corrected chi connectivity index (χ2v) is 4.95. The van der Waals surface area contributed by atoms with Crippen LogP contribution in [0.15, 0.2) is 22.7 Å². The van der Waals surface area contributed by atoms with Gasteiger partial charge in [0.15, 0.2) is 0 Å².